The van der Waals surface area contributed by atoms with Gasteiger partial charge >= 0.3 is 11.9 Å². The van der Waals surface area contributed by atoms with Crippen molar-refractivity contribution >= 4 is 20.0 Å². The Morgan fingerprint density at radius 3 is 2.19 bits per heavy atom. The molecule has 0 N–H and O–H groups in total. The van der Waals surface area contributed by atoms with Crippen LogP contribution in [0.4, 0.5) is 0 Å². The highest BCUT2D eigenvalue weighted by molar-refractivity contribution is 6.76. The molecule has 0 fully saturated rings. The molecule has 0 saturated carbocycles. The van der Waals surface area contributed by atoms with Crippen LogP contribution in [0.25, 0.3) is 0 Å². The molecule has 0 unspecified atom stereocenters. The van der Waals surface area contributed by atoms with Crippen molar-refractivity contribution in [2.75, 3.05) is 13.7 Å². The van der Waals surface area contributed by atoms with Crippen LogP contribution in [-0.4, -0.2) is 33.7 Å². The van der Waals surface area contributed by atoms with Gasteiger partial charge in [-0.3, -0.25) is 0 Å². The monoisotopic (exact) mass is 244 g/mol. The molecule has 0 saturated heterocycles. The van der Waals surface area contributed by atoms with E-state index in [0.717, 1.165) is 24.6 Å². The van der Waals surface area contributed by atoms with E-state index < -0.39 is 20.0 Å². The quantitative estimate of drug-likeness (QED) is 0.310. The summed E-state index contributed by atoms with van der Waals surface area (Å²) in [6.45, 7) is 7.22. The summed E-state index contributed by atoms with van der Waals surface area (Å²) in [6.07, 6.45) is 3.02. The molecule has 16 heavy (non-hydrogen) atoms. The van der Waals surface area contributed by atoms with E-state index in [-0.39, 0.29) is 0 Å². The Balaban J connectivity index is 3.67. The normalized spacial score (nSPS) is 11.5. The Morgan fingerprint density at radius 2 is 1.69 bits per heavy atom. The molecule has 0 aromatic carbocycles. The van der Waals surface area contributed by atoms with Crippen LogP contribution in [0.3, 0.4) is 0 Å². The lowest BCUT2D eigenvalue weighted by Gasteiger charge is -2.14. The molecule has 4 nitrogen and oxygen atoms in total. The van der Waals surface area contributed by atoms with Gasteiger partial charge in [0.15, 0.2) is 0 Å². The predicted octanol–water partition coefficient (Wildman–Crippen LogP) is 1.99. The zero-order chi connectivity index (χ0) is 12.6. The first-order valence-electron chi connectivity index (χ1n) is 5.28. The number of esters is 2. The summed E-state index contributed by atoms with van der Waals surface area (Å²) < 4.78 is 9.26. The van der Waals surface area contributed by atoms with Gasteiger partial charge in [0.05, 0.1) is 13.7 Å². The van der Waals surface area contributed by atoms with Gasteiger partial charge in [-0.25, -0.2) is 9.59 Å². The van der Waals surface area contributed by atoms with Gasteiger partial charge in [0.25, 0.3) is 0 Å². The largest absolute Gasteiger partial charge is 0.466 e. The second-order valence-corrected chi connectivity index (χ2v) is 10.3. The second kappa shape index (κ2) is 7.22. The molecule has 92 valence electrons. The molecule has 5 heteroatoms. The van der Waals surface area contributed by atoms with Crippen molar-refractivity contribution in [2.45, 2.75) is 32.1 Å². The SMILES string of the molecule is COC(=O)/C=C/C(=O)OCCC[Si](C)(C)C. The van der Waals surface area contributed by atoms with Crippen molar-refractivity contribution in [2.24, 2.45) is 0 Å². The maximum absolute atomic E-state index is 11.1. The van der Waals surface area contributed by atoms with E-state index in [0.29, 0.717) is 6.61 Å². The number of carbonyl (C=O) groups is 2. The summed E-state index contributed by atoms with van der Waals surface area (Å²) >= 11 is 0. The average molecular weight is 244 g/mol. The smallest absolute Gasteiger partial charge is 0.331 e. The van der Waals surface area contributed by atoms with E-state index >= 15 is 0 Å². The van der Waals surface area contributed by atoms with E-state index in [1.165, 1.54) is 7.11 Å². The molecule has 0 aliphatic carbocycles. The van der Waals surface area contributed by atoms with Crippen LogP contribution in [0, 0.1) is 0 Å². The predicted molar refractivity (Wildman–Crippen MR) is 64.9 cm³/mol. The van der Waals surface area contributed by atoms with Gasteiger partial charge in [-0.05, 0) is 6.42 Å². The van der Waals surface area contributed by atoms with Crippen LogP contribution in [0.1, 0.15) is 6.42 Å². The van der Waals surface area contributed by atoms with E-state index in [9.17, 15) is 9.59 Å². The van der Waals surface area contributed by atoms with E-state index in [2.05, 4.69) is 24.4 Å². The fourth-order valence-corrected chi connectivity index (χ4v) is 2.23. The number of carbonyl (C=O) groups excluding carboxylic acids is 2. The van der Waals surface area contributed by atoms with Crippen LogP contribution in [-0.2, 0) is 19.1 Å². The molecule has 0 heterocycles. The van der Waals surface area contributed by atoms with Crippen molar-refractivity contribution in [3.8, 4) is 0 Å². The van der Waals surface area contributed by atoms with Gasteiger partial charge in [-0.1, -0.05) is 25.7 Å². The summed E-state index contributed by atoms with van der Waals surface area (Å²) in [7, 11) is 0.201. The third-order valence-corrected chi connectivity index (χ3v) is 3.73. The van der Waals surface area contributed by atoms with Gasteiger partial charge < -0.3 is 9.47 Å². The third-order valence-electron chi connectivity index (χ3n) is 1.87. The lowest BCUT2D eigenvalue weighted by molar-refractivity contribution is -0.139. The second-order valence-electron chi connectivity index (χ2n) is 4.69. The lowest BCUT2D eigenvalue weighted by atomic mass is 10.5. The Kier molecular flexibility index (Phi) is 6.72. The molecular weight excluding hydrogens is 224 g/mol. The summed E-state index contributed by atoms with van der Waals surface area (Å²) in [5.41, 5.74) is 0. The molecule has 0 rings (SSSR count). The zero-order valence-corrected chi connectivity index (χ0v) is 11.4. The molecule has 0 amide bonds. The lowest BCUT2D eigenvalue weighted by Crippen LogP contribution is -2.20. The first-order chi connectivity index (χ1) is 7.35. The standard InChI is InChI=1S/C11H20O4Si/c1-14-10(12)6-7-11(13)15-8-5-9-16(2,3)4/h6-7H,5,8-9H2,1-4H3/b7-6+. The van der Waals surface area contributed by atoms with Crippen LogP contribution < -0.4 is 0 Å². The van der Waals surface area contributed by atoms with Crippen molar-refractivity contribution in [3.63, 3.8) is 0 Å². The molecule has 0 aromatic heterocycles. The highest BCUT2D eigenvalue weighted by atomic mass is 28.3. The van der Waals surface area contributed by atoms with E-state index in [4.69, 9.17) is 4.74 Å². The topological polar surface area (TPSA) is 52.6 Å². The molecule has 0 aliphatic heterocycles. The Morgan fingerprint density at radius 1 is 1.12 bits per heavy atom. The summed E-state index contributed by atoms with van der Waals surface area (Å²) in [5, 5.41) is 0. The van der Waals surface area contributed by atoms with Crippen LogP contribution in [0.15, 0.2) is 12.2 Å². The van der Waals surface area contributed by atoms with Crippen molar-refractivity contribution in [1.82, 2.24) is 0 Å². The Bertz CT molecular complexity index is 266. The van der Waals surface area contributed by atoms with Crippen LogP contribution in [0.5, 0.6) is 0 Å². The Hall–Kier alpha value is -1.10. The molecule has 0 bridgehead atoms. The molecule has 0 spiro atoms. The molecule has 0 aromatic rings. The van der Waals surface area contributed by atoms with Gasteiger partial charge in [0.2, 0.25) is 0 Å². The number of hydrogen-bond acceptors (Lipinski definition) is 4. The number of hydrogen-bond donors (Lipinski definition) is 0. The van der Waals surface area contributed by atoms with Crippen molar-refractivity contribution in [1.29, 1.82) is 0 Å². The molecule has 0 atom stereocenters. The zero-order valence-electron chi connectivity index (χ0n) is 10.4. The minimum atomic E-state index is -1.05. The van der Waals surface area contributed by atoms with Crippen molar-refractivity contribution < 1.29 is 19.1 Å². The van der Waals surface area contributed by atoms with Gasteiger partial charge in [0, 0.05) is 20.2 Å². The first kappa shape index (κ1) is 14.9. The highest BCUT2D eigenvalue weighted by Crippen LogP contribution is 2.10. The van der Waals surface area contributed by atoms with Crippen LogP contribution in [0.2, 0.25) is 25.7 Å². The van der Waals surface area contributed by atoms with Crippen LogP contribution >= 0.6 is 0 Å². The summed E-state index contributed by atoms with van der Waals surface area (Å²) in [4.78, 5) is 21.7. The summed E-state index contributed by atoms with van der Waals surface area (Å²) in [6, 6.07) is 1.13. The number of ether oxygens (including phenoxy) is 2. The maximum atomic E-state index is 11.1. The highest BCUT2D eigenvalue weighted by Gasteiger charge is 2.12. The first-order valence-corrected chi connectivity index (χ1v) is 8.98. The minimum Gasteiger partial charge on any atom is -0.466 e. The van der Waals surface area contributed by atoms with Gasteiger partial charge in [0.1, 0.15) is 0 Å². The molecule has 0 radical (unpaired) electrons. The molecule has 0 aliphatic rings. The fourth-order valence-electron chi connectivity index (χ4n) is 1.03. The number of rotatable bonds is 6. The van der Waals surface area contributed by atoms with Gasteiger partial charge in [-0.15, -0.1) is 0 Å². The average Bonchev–Trinajstić information content (AvgIpc) is 2.19. The third kappa shape index (κ3) is 9.45. The van der Waals surface area contributed by atoms with E-state index in [1.807, 2.05) is 0 Å². The summed E-state index contributed by atoms with van der Waals surface area (Å²) in [5.74, 6) is -1.06. The van der Waals surface area contributed by atoms with E-state index in [1.54, 1.807) is 0 Å². The fraction of sp³-hybridized carbons (Fsp3) is 0.636. The maximum Gasteiger partial charge on any atom is 0.331 e. The minimum absolute atomic E-state index is 0.411. The number of methoxy groups -OCH3 is 1. The Labute approximate surface area is 97.6 Å². The van der Waals surface area contributed by atoms with Crippen molar-refractivity contribution in [3.05, 3.63) is 12.2 Å². The molecular formula is C11H20O4Si. The van der Waals surface area contributed by atoms with Gasteiger partial charge in [-0.2, -0.15) is 0 Å².